The monoisotopic (exact) mass is 308 g/mol. The molecule has 0 unspecified atom stereocenters. The summed E-state index contributed by atoms with van der Waals surface area (Å²) < 4.78 is 0. The zero-order chi connectivity index (χ0) is 16.4. The van der Waals surface area contributed by atoms with Crippen LogP contribution in [0.5, 0.6) is 0 Å². The van der Waals surface area contributed by atoms with Crippen molar-refractivity contribution in [3.63, 3.8) is 0 Å². The molecule has 0 spiro atoms. The van der Waals surface area contributed by atoms with Gasteiger partial charge in [0.15, 0.2) is 5.78 Å². The predicted molar refractivity (Wildman–Crippen MR) is 101 cm³/mol. The second-order valence-electron chi connectivity index (χ2n) is 5.80. The second kappa shape index (κ2) is 6.13. The number of rotatable bonds is 3. The Labute approximate surface area is 140 Å². The highest BCUT2D eigenvalue weighted by atomic mass is 16.1. The molecule has 1 nitrogen and oxygen atoms in total. The lowest BCUT2D eigenvalue weighted by Gasteiger charge is -2.08. The molecular formula is C23H16O. The topological polar surface area (TPSA) is 17.1 Å². The summed E-state index contributed by atoms with van der Waals surface area (Å²) in [7, 11) is 0. The average Bonchev–Trinajstić information content (AvgIpc) is 2.66. The fourth-order valence-corrected chi connectivity index (χ4v) is 3.08. The summed E-state index contributed by atoms with van der Waals surface area (Å²) in [6.45, 7) is 0. The van der Waals surface area contributed by atoms with Gasteiger partial charge in [-0.1, -0.05) is 84.9 Å². The van der Waals surface area contributed by atoms with Gasteiger partial charge < -0.3 is 0 Å². The quantitative estimate of drug-likeness (QED) is 0.262. The van der Waals surface area contributed by atoms with Crippen LogP contribution < -0.4 is 0 Å². The number of carbonyl (C=O) groups excluding carboxylic acids is 1. The Bertz CT molecular complexity index is 1060. The highest BCUT2D eigenvalue weighted by Crippen LogP contribution is 2.29. The second-order valence-corrected chi connectivity index (χ2v) is 5.80. The minimum absolute atomic E-state index is 0.0285. The Balaban J connectivity index is 1.86. The maximum atomic E-state index is 12.8. The number of fused-ring (bicyclic) bond motifs is 3. The lowest BCUT2D eigenvalue weighted by atomic mass is 9.95. The Kier molecular flexibility index (Phi) is 3.68. The third-order valence-electron chi connectivity index (χ3n) is 4.26. The third kappa shape index (κ3) is 2.61. The van der Waals surface area contributed by atoms with Gasteiger partial charge in [-0.3, -0.25) is 4.79 Å². The van der Waals surface area contributed by atoms with Crippen molar-refractivity contribution in [3.8, 4) is 0 Å². The van der Waals surface area contributed by atoms with Crippen LogP contribution in [0.4, 0.5) is 0 Å². The van der Waals surface area contributed by atoms with Crippen molar-refractivity contribution in [2.75, 3.05) is 0 Å². The summed E-state index contributed by atoms with van der Waals surface area (Å²) in [6.07, 6.45) is 3.53. The van der Waals surface area contributed by atoms with Crippen LogP contribution in [0.15, 0.2) is 91.0 Å². The summed E-state index contributed by atoms with van der Waals surface area (Å²) in [5.41, 5.74) is 1.77. The van der Waals surface area contributed by atoms with E-state index in [2.05, 4.69) is 18.2 Å². The van der Waals surface area contributed by atoms with E-state index in [0.717, 1.165) is 27.3 Å². The molecular weight excluding hydrogens is 292 g/mol. The third-order valence-corrected chi connectivity index (χ3v) is 4.26. The molecule has 114 valence electrons. The van der Waals surface area contributed by atoms with Gasteiger partial charge in [0.1, 0.15) is 0 Å². The number of carbonyl (C=O) groups is 1. The molecule has 0 heterocycles. The lowest BCUT2D eigenvalue weighted by molar-refractivity contribution is 0.104. The van der Waals surface area contributed by atoms with Crippen molar-refractivity contribution in [2.24, 2.45) is 0 Å². The van der Waals surface area contributed by atoms with E-state index in [9.17, 15) is 4.79 Å². The minimum Gasteiger partial charge on any atom is -0.289 e. The van der Waals surface area contributed by atoms with Crippen LogP contribution in [0.25, 0.3) is 27.6 Å². The summed E-state index contributed by atoms with van der Waals surface area (Å²) in [6, 6.07) is 28.2. The van der Waals surface area contributed by atoms with Crippen molar-refractivity contribution >= 4 is 33.4 Å². The highest BCUT2D eigenvalue weighted by molar-refractivity contribution is 6.21. The smallest absolute Gasteiger partial charge is 0.186 e. The van der Waals surface area contributed by atoms with Crippen molar-refractivity contribution < 1.29 is 4.79 Å². The normalized spacial score (nSPS) is 11.3. The molecule has 0 amide bonds. The first-order valence-electron chi connectivity index (χ1n) is 8.01. The molecule has 0 aliphatic carbocycles. The molecule has 1 heteroatoms. The Morgan fingerprint density at radius 2 is 1.29 bits per heavy atom. The summed E-state index contributed by atoms with van der Waals surface area (Å²) in [4.78, 5) is 12.8. The number of allylic oxidation sites excluding steroid dienone is 1. The van der Waals surface area contributed by atoms with Gasteiger partial charge in [0.25, 0.3) is 0 Å². The zero-order valence-electron chi connectivity index (χ0n) is 13.1. The molecule has 0 bridgehead atoms. The van der Waals surface area contributed by atoms with Crippen LogP contribution >= 0.6 is 0 Å². The molecule has 0 aromatic heterocycles. The maximum absolute atomic E-state index is 12.8. The van der Waals surface area contributed by atoms with Gasteiger partial charge in [-0.05, 0) is 39.3 Å². The molecule has 0 saturated heterocycles. The van der Waals surface area contributed by atoms with Gasteiger partial charge in [0, 0.05) is 5.56 Å². The lowest BCUT2D eigenvalue weighted by Crippen LogP contribution is -1.96. The van der Waals surface area contributed by atoms with Crippen LogP contribution in [0.3, 0.4) is 0 Å². The van der Waals surface area contributed by atoms with Gasteiger partial charge in [0.05, 0.1) is 0 Å². The molecule has 0 atom stereocenters. The zero-order valence-corrected chi connectivity index (χ0v) is 13.1. The van der Waals surface area contributed by atoms with E-state index in [1.54, 1.807) is 6.08 Å². The molecule has 0 N–H and O–H groups in total. The first-order chi connectivity index (χ1) is 11.8. The molecule has 0 radical (unpaired) electrons. The van der Waals surface area contributed by atoms with E-state index in [-0.39, 0.29) is 5.78 Å². The first-order valence-corrected chi connectivity index (χ1v) is 8.01. The average molecular weight is 308 g/mol. The van der Waals surface area contributed by atoms with Crippen molar-refractivity contribution in [2.45, 2.75) is 0 Å². The molecule has 0 aliphatic heterocycles. The van der Waals surface area contributed by atoms with Crippen LogP contribution in [0.1, 0.15) is 15.9 Å². The first kappa shape index (κ1) is 14.4. The summed E-state index contributed by atoms with van der Waals surface area (Å²) >= 11 is 0. The highest BCUT2D eigenvalue weighted by Gasteiger charge is 2.10. The van der Waals surface area contributed by atoms with Crippen molar-refractivity contribution in [1.29, 1.82) is 0 Å². The summed E-state index contributed by atoms with van der Waals surface area (Å²) in [5.74, 6) is 0.0285. The van der Waals surface area contributed by atoms with Crippen molar-refractivity contribution in [1.82, 2.24) is 0 Å². The van der Waals surface area contributed by atoms with E-state index < -0.39 is 0 Å². The Morgan fingerprint density at radius 1 is 0.667 bits per heavy atom. The molecule has 4 rings (SSSR count). The van der Waals surface area contributed by atoms with Gasteiger partial charge >= 0.3 is 0 Å². The fourth-order valence-electron chi connectivity index (χ4n) is 3.08. The van der Waals surface area contributed by atoms with Crippen LogP contribution in [0, 0.1) is 0 Å². The number of ketones is 1. The van der Waals surface area contributed by atoms with E-state index in [1.807, 2.05) is 72.8 Å². The molecule has 4 aromatic rings. The minimum atomic E-state index is 0.0285. The molecule has 0 aliphatic rings. The Morgan fingerprint density at radius 3 is 2.08 bits per heavy atom. The molecule has 4 aromatic carbocycles. The number of hydrogen-bond donors (Lipinski definition) is 0. The van der Waals surface area contributed by atoms with Gasteiger partial charge in [-0.2, -0.15) is 0 Å². The van der Waals surface area contributed by atoms with Crippen LogP contribution in [0.2, 0.25) is 0 Å². The van der Waals surface area contributed by atoms with E-state index in [4.69, 9.17) is 0 Å². The van der Waals surface area contributed by atoms with Crippen LogP contribution in [-0.4, -0.2) is 5.78 Å². The van der Waals surface area contributed by atoms with Gasteiger partial charge in [-0.25, -0.2) is 0 Å². The standard InChI is InChI=1S/C23H16O/c24-23(15-14-17-8-2-1-3-9-17)22-16-18-10-4-5-11-19(18)20-12-6-7-13-21(20)22/h1-16H. The van der Waals surface area contributed by atoms with E-state index in [0.29, 0.717) is 0 Å². The predicted octanol–water partition coefficient (Wildman–Crippen LogP) is 5.89. The number of benzene rings is 4. The maximum Gasteiger partial charge on any atom is 0.186 e. The molecule has 24 heavy (non-hydrogen) atoms. The molecule has 0 fully saturated rings. The fraction of sp³-hybridized carbons (Fsp3) is 0. The van der Waals surface area contributed by atoms with Gasteiger partial charge in [-0.15, -0.1) is 0 Å². The number of hydrogen-bond acceptors (Lipinski definition) is 1. The van der Waals surface area contributed by atoms with E-state index in [1.165, 1.54) is 5.39 Å². The van der Waals surface area contributed by atoms with Crippen LogP contribution in [-0.2, 0) is 0 Å². The largest absolute Gasteiger partial charge is 0.289 e. The molecule has 0 saturated carbocycles. The van der Waals surface area contributed by atoms with Crippen molar-refractivity contribution in [3.05, 3.63) is 102 Å². The van der Waals surface area contributed by atoms with E-state index >= 15 is 0 Å². The SMILES string of the molecule is O=C(C=Cc1ccccc1)c1cc2ccccc2c2ccccc12. The van der Waals surface area contributed by atoms with Gasteiger partial charge in [0.2, 0.25) is 0 Å². The Hall–Kier alpha value is -3.19. The summed E-state index contributed by atoms with van der Waals surface area (Å²) in [5, 5.41) is 4.38.